The molecule has 1 aliphatic rings. The first-order valence-corrected chi connectivity index (χ1v) is 31.8. The average Bonchev–Trinajstić information content (AvgIpc) is 1.39. The third-order valence-electron chi connectivity index (χ3n) is 13.8. The molecule has 448 valence electrons. The highest BCUT2D eigenvalue weighted by atomic mass is 32.2. The van der Waals surface area contributed by atoms with Crippen molar-refractivity contribution in [1.29, 1.82) is 0 Å². The lowest BCUT2D eigenvalue weighted by molar-refractivity contribution is -0.146. The van der Waals surface area contributed by atoms with Crippen LogP contribution in [0.2, 0.25) is 0 Å². The lowest BCUT2D eigenvalue weighted by Gasteiger charge is -2.28. The number of carbonyl (C=O) groups is 4. The standard InChI is InChI=1S/C68H82N2O10S4/c1-17-75-59(73)39-79-63-53-33-47(67(11,12)13)34-54(63)82-50-30-46(66(8,9)10)32-52(62(50)78-38-58(72)70-42(4)44-27-23-20-24-28-44)84-56-36-48(68(14,15)16)35-55(64(56)80-40-60(74)76-18-2)83-51-31-45(65(5,6)7)29-49(81-53)61(51)77-37-57(71)69-41(3)43-25-21-19-22-26-43/h19-36,41-42H,17-18,37-40H2,1-16H3,(H,69,71)(H,70,72)/t41-,42-/m0/s1. The Balaban J connectivity index is 1.57. The normalized spacial score (nSPS) is 13.4. The Morgan fingerprint density at radius 2 is 0.607 bits per heavy atom. The predicted octanol–water partition coefficient (Wildman–Crippen LogP) is 16.2. The van der Waals surface area contributed by atoms with Crippen LogP contribution in [0.25, 0.3) is 0 Å². The molecule has 1 aliphatic heterocycles. The fourth-order valence-corrected chi connectivity index (χ4v) is 13.6. The lowest BCUT2D eigenvalue weighted by Crippen LogP contribution is -2.31. The highest BCUT2D eigenvalue weighted by Crippen LogP contribution is 2.56. The van der Waals surface area contributed by atoms with Crippen LogP contribution in [0.15, 0.2) is 148 Å². The van der Waals surface area contributed by atoms with Gasteiger partial charge in [-0.2, -0.15) is 0 Å². The van der Waals surface area contributed by atoms with Gasteiger partial charge in [0.1, 0.15) is 23.0 Å². The van der Waals surface area contributed by atoms with Gasteiger partial charge in [0.2, 0.25) is 0 Å². The third-order valence-corrected chi connectivity index (χ3v) is 17.9. The van der Waals surface area contributed by atoms with Crippen molar-refractivity contribution < 1.29 is 47.6 Å². The van der Waals surface area contributed by atoms with Gasteiger partial charge >= 0.3 is 11.9 Å². The summed E-state index contributed by atoms with van der Waals surface area (Å²) in [5.41, 5.74) is 4.19. The maximum Gasteiger partial charge on any atom is 0.344 e. The van der Waals surface area contributed by atoms with Crippen molar-refractivity contribution in [1.82, 2.24) is 10.6 Å². The fourth-order valence-electron chi connectivity index (χ4n) is 8.85. The minimum atomic E-state index is -0.537. The van der Waals surface area contributed by atoms with E-state index < -0.39 is 33.6 Å². The Kier molecular flexibility index (Phi) is 21.7. The van der Waals surface area contributed by atoms with E-state index in [0.717, 1.165) is 33.4 Å². The molecule has 12 nitrogen and oxygen atoms in total. The molecule has 2 atom stereocenters. The minimum Gasteiger partial charge on any atom is -0.481 e. The molecule has 1 heterocycles. The molecule has 2 N–H and O–H groups in total. The molecule has 0 radical (unpaired) electrons. The average molecular weight is 1220 g/mol. The number of amides is 2. The van der Waals surface area contributed by atoms with Gasteiger partial charge in [0, 0.05) is 0 Å². The van der Waals surface area contributed by atoms with E-state index in [1.165, 1.54) is 47.0 Å². The zero-order valence-electron chi connectivity index (χ0n) is 51.5. The van der Waals surface area contributed by atoms with Gasteiger partial charge in [0.05, 0.1) is 64.5 Å². The second-order valence-electron chi connectivity index (χ2n) is 24.8. The molecule has 0 spiro atoms. The Hall–Kier alpha value is -6.20. The van der Waals surface area contributed by atoms with Crippen molar-refractivity contribution in [2.24, 2.45) is 0 Å². The number of rotatable bonds is 18. The summed E-state index contributed by atoms with van der Waals surface area (Å²) in [6.07, 6.45) is 0. The van der Waals surface area contributed by atoms with Gasteiger partial charge in [-0.15, -0.1) is 0 Å². The van der Waals surface area contributed by atoms with Gasteiger partial charge in [-0.3, -0.25) is 9.59 Å². The zero-order chi connectivity index (χ0) is 61.3. The van der Waals surface area contributed by atoms with Crippen LogP contribution in [0.1, 0.15) is 156 Å². The third kappa shape index (κ3) is 17.5. The molecule has 0 fully saturated rings. The van der Waals surface area contributed by atoms with Gasteiger partial charge in [0.25, 0.3) is 11.8 Å². The zero-order valence-corrected chi connectivity index (χ0v) is 54.8. The summed E-state index contributed by atoms with van der Waals surface area (Å²) in [6.45, 7) is 32.1. The van der Waals surface area contributed by atoms with Crippen LogP contribution in [0.4, 0.5) is 0 Å². The lowest BCUT2D eigenvalue weighted by atomic mass is 9.87. The summed E-state index contributed by atoms with van der Waals surface area (Å²) >= 11 is 5.65. The van der Waals surface area contributed by atoms with E-state index in [0.29, 0.717) is 62.2 Å². The Morgan fingerprint density at radius 1 is 0.381 bits per heavy atom. The molecule has 8 bridgehead atoms. The molecule has 16 heteroatoms. The van der Waals surface area contributed by atoms with Gasteiger partial charge in [-0.25, -0.2) is 9.59 Å². The second kappa shape index (κ2) is 27.9. The van der Waals surface area contributed by atoms with E-state index in [9.17, 15) is 19.2 Å². The Labute approximate surface area is 514 Å². The second-order valence-corrected chi connectivity index (χ2v) is 29.1. The van der Waals surface area contributed by atoms with E-state index in [2.05, 4.69) is 142 Å². The first-order chi connectivity index (χ1) is 39.5. The summed E-state index contributed by atoms with van der Waals surface area (Å²) in [4.78, 5) is 60.6. The monoisotopic (exact) mass is 1210 g/mol. The number of nitrogens with one attached hydrogen (secondary N) is 2. The molecule has 0 saturated heterocycles. The number of esters is 2. The summed E-state index contributed by atoms with van der Waals surface area (Å²) in [7, 11) is 0. The molecule has 0 saturated carbocycles. The van der Waals surface area contributed by atoms with Crippen molar-refractivity contribution >= 4 is 70.8 Å². The van der Waals surface area contributed by atoms with Crippen LogP contribution in [0, 0.1) is 0 Å². The fraction of sp³-hybridized carbons (Fsp3) is 0.412. The maximum absolute atomic E-state index is 14.2. The maximum atomic E-state index is 14.2. The highest BCUT2D eigenvalue weighted by molar-refractivity contribution is 8.01. The van der Waals surface area contributed by atoms with Crippen molar-refractivity contribution in [3.05, 3.63) is 143 Å². The molecule has 2 amide bonds. The Morgan fingerprint density at radius 3 is 0.821 bits per heavy atom. The summed E-state index contributed by atoms with van der Waals surface area (Å²) in [5, 5.41) is 6.27. The number of benzene rings is 6. The van der Waals surface area contributed by atoms with Crippen LogP contribution < -0.4 is 29.6 Å². The number of ether oxygens (including phenoxy) is 6. The molecule has 84 heavy (non-hydrogen) atoms. The van der Waals surface area contributed by atoms with Crippen LogP contribution in [0.3, 0.4) is 0 Å². The first-order valence-electron chi connectivity index (χ1n) is 28.5. The smallest absolute Gasteiger partial charge is 0.344 e. The molecular weight excluding hydrogens is 1130 g/mol. The highest BCUT2D eigenvalue weighted by Gasteiger charge is 2.32. The van der Waals surface area contributed by atoms with Crippen molar-refractivity contribution in [3.8, 4) is 23.0 Å². The molecule has 0 unspecified atom stereocenters. The number of hydrogen-bond acceptors (Lipinski definition) is 14. The summed E-state index contributed by atoms with van der Waals surface area (Å²) < 4.78 is 38.2. The van der Waals surface area contributed by atoms with Gasteiger partial charge < -0.3 is 39.1 Å². The molecule has 7 rings (SSSR count). The van der Waals surface area contributed by atoms with Crippen LogP contribution in [0.5, 0.6) is 23.0 Å². The number of carbonyl (C=O) groups excluding carboxylic acids is 4. The van der Waals surface area contributed by atoms with E-state index in [1.54, 1.807) is 13.8 Å². The van der Waals surface area contributed by atoms with Gasteiger partial charge in [-0.05, 0) is 131 Å². The van der Waals surface area contributed by atoms with Gasteiger partial charge in [0.15, 0.2) is 26.4 Å². The summed E-state index contributed by atoms with van der Waals surface area (Å²) in [5.74, 6) is -0.0250. The molecule has 0 aromatic heterocycles. The largest absolute Gasteiger partial charge is 0.481 e. The van der Waals surface area contributed by atoms with Crippen molar-refractivity contribution in [3.63, 3.8) is 0 Å². The van der Waals surface area contributed by atoms with Crippen molar-refractivity contribution in [2.75, 3.05) is 39.6 Å². The van der Waals surface area contributed by atoms with E-state index in [4.69, 9.17) is 28.4 Å². The van der Waals surface area contributed by atoms with Crippen LogP contribution >= 0.6 is 47.0 Å². The summed E-state index contributed by atoms with van der Waals surface area (Å²) in [6, 6.07) is 35.7. The SMILES string of the molecule is CCOC(=O)COc1c2cc(C(C)(C)C)cc1Sc1cc(C(C)(C)C)cc(c1OCC(=O)N[C@@H](C)c1ccccc1)Sc1cc(C(C)(C)C)cc(c1OCC(=O)OCC)Sc1cc(C(C)(C)C)cc(c1OCC(=O)N[C@@H](C)c1ccccc1)S2. The predicted molar refractivity (Wildman–Crippen MR) is 338 cm³/mol. The quantitative estimate of drug-likeness (QED) is 0.0785. The first kappa shape index (κ1) is 65.3. The number of fused-ring (bicyclic) bond motifs is 8. The van der Waals surface area contributed by atoms with Gasteiger partial charge in [-0.1, -0.05) is 191 Å². The molecule has 6 aromatic carbocycles. The Bertz CT molecular complexity index is 3010. The minimum absolute atomic E-state index is 0.167. The molecule has 6 aromatic rings. The van der Waals surface area contributed by atoms with Crippen molar-refractivity contribution in [2.45, 2.75) is 184 Å². The number of hydrogen-bond donors (Lipinski definition) is 2. The molecular formula is C68H82N2O10S4. The molecule has 0 aliphatic carbocycles. The van der Waals surface area contributed by atoms with Crippen LogP contribution in [-0.2, 0) is 50.3 Å². The topological polar surface area (TPSA) is 148 Å². The van der Waals surface area contributed by atoms with E-state index >= 15 is 0 Å². The van der Waals surface area contributed by atoms with Crippen LogP contribution in [-0.4, -0.2) is 63.4 Å². The van der Waals surface area contributed by atoms with E-state index in [-0.39, 0.29) is 63.5 Å². The van der Waals surface area contributed by atoms with E-state index in [1.807, 2.05) is 74.5 Å².